The van der Waals surface area contributed by atoms with E-state index in [1.54, 1.807) is 13.0 Å². The normalized spacial score (nSPS) is 12.1. The van der Waals surface area contributed by atoms with Crippen molar-refractivity contribution in [3.8, 4) is 0 Å². The molecule has 0 saturated carbocycles. The molecular weight excluding hydrogens is 300 g/mol. The van der Waals surface area contributed by atoms with Crippen LogP contribution in [-0.4, -0.2) is 28.8 Å². The summed E-state index contributed by atoms with van der Waals surface area (Å²) in [5, 5.41) is 15.9. The first-order valence-electron chi connectivity index (χ1n) is 7.16. The number of thioether (sulfide) groups is 1. The molecule has 2 aromatic rings. The van der Waals surface area contributed by atoms with Gasteiger partial charge in [-0.2, -0.15) is 0 Å². The maximum Gasteiger partial charge on any atom is 0.252 e. The lowest BCUT2D eigenvalue weighted by atomic mass is 10.2. The molecule has 2 rings (SSSR count). The van der Waals surface area contributed by atoms with Crippen molar-refractivity contribution >= 4 is 17.7 Å². The van der Waals surface area contributed by atoms with Gasteiger partial charge in [0.1, 0.15) is 5.76 Å². The summed E-state index contributed by atoms with van der Waals surface area (Å²) in [4.78, 5) is 13.1. The van der Waals surface area contributed by atoms with Crippen LogP contribution in [0.5, 0.6) is 0 Å². The third-order valence-electron chi connectivity index (χ3n) is 3.03. The van der Waals surface area contributed by atoms with Gasteiger partial charge >= 0.3 is 0 Å². The minimum absolute atomic E-state index is 0.127. The Morgan fingerprint density at radius 2 is 2.23 bits per heavy atom. The average molecular weight is 320 g/mol. The van der Waals surface area contributed by atoms with E-state index >= 15 is 0 Å². The molecule has 0 bridgehead atoms. The summed E-state index contributed by atoms with van der Waals surface area (Å²) in [5.74, 6) is 1.28. The number of aryl methyl sites for hydroxylation is 1. The van der Waals surface area contributed by atoms with Gasteiger partial charge in [-0.1, -0.05) is 17.3 Å². The van der Waals surface area contributed by atoms with Gasteiger partial charge < -0.3 is 14.9 Å². The lowest BCUT2D eigenvalue weighted by molar-refractivity contribution is 0.0942. The van der Waals surface area contributed by atoms with Crippen molar-refractivity contribution in [2.45, 2.75) is 37.0 Å². The van der Waals surface area contributed by atoms with Crippen LogP contribution < -0.4 is 5.32 Å². The molecule has 1 aromatic heterocycles. The van der Waals surface area contributed by atoms with E-state index in [0.717, 1.165) is 16.3 Å². The fourth-order valence-electron chi connectivity index (χ4n) is 1.90. The molecule has 0 saturated heterocycles. The van der Waals surface area contributed by atoms with E-state index in [0.29, 0.717) is 24.3 Å². The number of rotatable bonds is 7. The molecule has 1 heterocycles. The Labute approximate surface area is 134 Å². The van der Waals surface area contributed by atoms with Crippen molar-refractivity contribution in [2.75, 3.05) is 6.54 Å². The molecule has 0 aliphatic heterocycles. The van der Waals surface area contributed by atoms with Gasteiger partial charge in [-0.3, -0.25) is 4.79 Å². The Bertz CT molecular complexity index is 625. The first kappa shape index (κ1) is 16.6. The van der Waals surface area contributed by atoms with E-state index in [-0.39, 0.29) is 5.91 Å². The predicted octanol–water partition coefficient (Wildman–Crippen LogP) is 2.78. The van der Waals surface area contributed by atoms with E-state index < -0.39 is 6.10 Å². The predicted molar refractivity (Wildman–Crippen MR) is 85.9 cm³/mol. The van der Waals surface area contributed by atoms with Crippen LogP contribution in [0.25, 0.3) is 0 Å². The maximum atomic E-state index is 12.2. The number of hydrogen-bond donors (Lipinski definition) is 2. The molecule has 0 fully saturated rings. The number of hydrogen-bond acceptors (Lipinski definition) is 5. The fraction of sp³-hybridized carbons (Fsp3) is 0.375. The molecule has 1 unspecified atom stereocenters. The molecule has 0 radical (unpaired) electrons. The van der Waals surface area contributed by atoms with Crippen molar-refractivity contribution < 1.29 is 14.4 Å². The number of aromatic nitrogens is 1. The van der Waals surface area contributed by atoms with Crippen molar-refractivity contribution in [2.24, 2.45) is 0 Å². The zero-order chi connectivity index (χ0) is 15.9. The van der Waals surface area contributed by atoms with Gasteiger partial charge in [0.25, 0.3) is 5.91 Å². The standard InChI is InChI=1S/C16H20N2O3S/c1-11-9-13(21-18-11)10-22-15-6-4-3-5-14(15)16(20)17-8-7-12(2)19/h3-6,9,12,19H,7-8,10H2,1-2H3,(H,17,20). The van der Waals surface area contributed by atoms with Crippen LogP contribution in [0.15, 0.2) is 39.8 Å². The third-order valence-corrected chi connectivity index (χ3v) is 4.12. The molecule has 2 N–H and O–H groups in total. The number of nitrogens with one attached hydrogen (secondary N) is 1. The quantitative estimate of drug-likeness (QED) is 0.767. The summed E-state index contributed by atoms with van der Waals surface area (Å²) in [6.45, 7) is 4.04. The van der Waals surface area contributed by atoms with Crippen molar-refractivity contribution in [1.29, 1.82) is 0 Å². The minimum atomic E-state index is -0.417. The van der Waals surface area contributed by atoms with Gasteiger partial charge in [0.15, 0.2) is 0 Å². The monoisotopic (exact) mass is 320 g/mol. The minimum Gasteiger partial charge on any atom is -0.393 e. The third kappa shape index (κ3) is 4.89. The van der Waals surface area contributed by atoms with Gasteiger partial charge in [0, 0.05) is 17.5 Å². The SMILES string of the molecule is Cc1cc(CSc2ccccc2C(=O)NCCC(C)O)on1. The topological polar surface area (TPSA) is 75.4 Å². The molecule has 6 heteroatoms. The Balaban J connectivity index is 1.98. The van der Waals surface area contributed by atoms with Gasteiger partial charge in [-0.05, 0) is 32.4 Å². The zero-order valence-electron chi connectivity index (χ0n) is 12.7. The first-order valence-corrected chi connectivity index (χ1v) is 8.15. The van der Waals surface area contributed by atoms with E-state index in [1.165, 1.54) is 11.8 Å². The Morgan fingerprint density at radius 1 is 1.45 bits per heavy atom. The van der Waals surface area contributed by atoms with Crippen LogP contribution in [0.4, 0.5) is 0 Å². The van der Waals surface area contributed by atoms with Crippen LogP contribution in [0.1, 0.15) is 35.2 Å². The number of nitrogens with zero attached hydrogens (tertiary/aromatic N) is 1. The second-order valence-electron chi connectivity index (χ2n) is 5.11. The van der Waals surface area contributed by atoms with E-state index in [1.807, 2.05) is 31.2 Å². The van der Waals surface area contributed by atoms with Crippen molar-refractivity contribution in [1.82, 2.24) is 10.5 Å². The van der Waals surface area contributed by atoms with Crippen LogP contribution >= 0.6 is 11.8 Å². The Kier molecular flexibility index (Phi) is 6.03. The number of carbonyl (C=O) groups is 1. The second kappa shape index (κ2) is 8.00. The number of amides is 1. The maximum absolute atomic E-state index is 12.2. The number of benzene rings is 1. The zero-order valence-corrected chi connectivity index (χ0v) is 13.5. The van der Waals surface area contributed by atoms with Crippen molar-refractivity contribution in [3.05, 3.63) is 47.3 Å². The molecule has 1 aromatic carbocycles. The molecule has 22 heavy (non-hydrogen) atoms. The molecule has 0 aliphatic carbocycles. The van der Waals surface area contributed by atoms with Crippen LogP contribution in [0.3, 0.4) is 0 Å². The van der Waals surface area contributed by atoms with E-state index in [4.69, 9.17) is 4.52 Å². The van der Waals surface area contributed by atoms with Gasteiger partial charge in [-0.15, -0.1) is 11.8 Å². The Morgan fingerprint density at radius 3 is 2.91 bits per heavy atom. The highest BCUT2D eigenvalue weighted by Gasteiger charge is 2.12. The van der Waals surface area contributed by atoms with E-state index in [9.17, 15) is 9.90 Å². The van der Waals surface area contributed by atoms with Crippen LogP contribution in [0.2, 0.25) is 0 Å². The Hall–Kier alpha value is -1.79. The highest BCUT2D eigenvalue weighted by molar-refractivity contribution is 7.98. The molecule has 5 nitrogen and oxygen atoms in total. The smallest absolute Gasteiger partial charge is 0.252 e. The van der Waals surface area contributed by atoms with Gasteiger partial charge in [0.2, 0.25) is 0 Å². The molecule has 0 spiro atoms. The van der Waals surface area contributed by atoms with Crippen LogP contribution in [0, 0.1) is 6.92 Å². The molecule has 0 aliphatic rings. The number of carbonyl (C=O) groups excluding carboxylic acids is 1. The van der Waals surface area contributed by atoms with Crippen LogP contribution in [-0.2, 0) is 5.75 Å². The van der Waals surface area contributed by atoms with Crippen molar-refractivity contribution in [3.63, 3.8) is 0 Å². The lowest BCUT2D eigenvalue weighted by Gasteiger charge is -2.10. The molecular formula is C16H20N2O3S. The number of aliphatic hydroxyl groups is 1. The summed E-state index contributed by atoms with van der Waals surface area (Å²) in [6, 6.07) is 9.34. The number of aliphatic hydroxyl groups excluding tert-OH is 1. The summed E-state index contributed by atoms with van der Waals surface area (Å²) in [7, 11) is 0. The molecule has 1 atom stereocenters. The summed E-state index contributed by atoms with van der Waals surface area (Å²) >= 11 is 1.54. The fourth-order valence-corrected chi connectivity index (χ4v) is 2.83. The summed E-state index contributed by atoms with van der Waals surface area (Å²) < 4.78 is 5.18. The lowest BCUT2D eigenvalue weighted by Crippen LogP contribution is -2.26. The van der Waals surface area contributed by atoms with E-state index in [2.05, 4.69) is 10.5 Å². The highest BCUT2D eigenvalue weighted by Crippen LogP contribution is 2.26. The largest absolute Gasteiger partial charge is 0.393 e. The molecule has 1 amide bonds. The van der Waals surface area contributed by atoms with Gasteiger partial charge in [0.05, 0.1) is 23.1 Å². The van der Waals surface area contributed by atoms with Gasteiger partial charge in [-0.25, -0.2) is 0 Å². The first-order chi connectivity index (χ1) is 10.6. The molecule has 118 valence electrons. The average Bonchev–Trinajstić information content (AvgIpc) is 2.90. The second-order valence-corrected chi connectivity index (χ2v) is 6.13. The highest BCUT2D eigenvalue weighted by atomic mass is 32.2. The summed E-state index contributed by atoms with van der Waals surface area (Å²) in [6.07, 6.45) is 0.123. The summed E-state index contributed by atoms with van der Waals surface area (Å²) in [5.41, 5.74) is 1.48.